The molecule has 0 radical (unpaired) electrons. The number of benzene rings is 1. The molecule has 2 heterocycles. The van der Waals surface area contributed by atoms with E-state index in [1.54, 1.807) is 6.07 Å². The Morgan fingerprint density at radius 2 is 1.87 bits per heavy atom. The van der Waals surface area contributed by atoms with Crippen LogP contribution in [0.4, 0.5) is 0 Å². The van der Waals surface area contributed by atoms with Gasteiger partial charge in [-0.15, -0.1) is 0 Å². The zero-order valence-electron chi connectivity index (χ0n) is 19.3. The number of hydrogen-bond donors (Lipinski definition) is 2. The molecule has 2 fully saturated rings. The van der Waals surface area contributed by atoms with Crippen molar-refractivity contribution in [2.75, 3.05) is 13.2 Å². The molecule has 4 rings (SSSR count). The third-order valence-electron chi connectivity index (χ3n) is 6.85. The number of phenols is 1. The topological polar surface area (TPSA) is 63.5 Å². The Morgan fingerprint density at radius 3 is 2.48 bits per heavy atom. The van der Waals surface area contributed by atoms with Crippen LogP contribution in [0.5, 0.6) is 5.75 Å². The molecular weight excluding hydrogens is 388 g/mol. The van der Waals surface area contributed by atoms with Crippen LogP contribution in [0.2, 0.25) is 0 Å². The van der Waals surface area contributed by atoms with Crippen molar-refractivity contribution < 1.29 is 14.6 Å². The minimum absolute atomic E-state index is 0.0238. The van der Waals surface area contributed by atoms with Crippen molar-refractivity contribution in [1.29, 1.82) is 0 Å². The Hall–Kier alpha value is -2.27. The third-order valence-corrected chi connectivity index (χ3v) is 6.85. The number of aromatic nitrogens is 1. The summed E-state index contributed by atoms with van der Waals surface area (Å²) >= 11 is 0. The van der Waals surface area contributed by atoms with Gasteiger partial charge in [-0.2, -0.15) is 0 Å². The fourth-order valence-corrected chi connectivity index (χ4v) is 4.86. The molecule has 1 saturated heterocycles. The number of hydrogen-bond acceptors (Lipinski definition) is 3. The van der Waals surface area contributed by atoms with E-state index in [1.807, 2.05) is 12.1 Å². The maximum absolute atomic E-state index is 13.0. The number of aromatic hydroxyl groups is 1. The predicted molar refractivity (Wildman–Crippen MR) is 124 cm³/mol. The van der Waals surface area contributed by atoms with Crippen molar-refractivity contribution >= 4 is 5.91 Å². The number of phenolic OH excluding ortho intramolecular Hbond substituents is 1. The normalized spacial score (nSPS) is 18.1. The van der Waals surface area contributed by atoms with E-state index in [4.69, 9.17) is 4.74 Å². The Bertz CT molecular complexity index is 944. The molecule has 0 bridgehead atoms. The molecule has 1 aliphatic carbocycles. The van der Waals surface area contributed by atoms with Crippen LogP contribution in [0.25, 0.3) is 11.3 Å². The highest BCUT2D eigenvalue weighted by Gasteiger charge is 2.26. The number of nitrogens with zero attached hydrogens (tertiary/aromatic N) is 1. The number of carbonyl (C=O) groups is 1. The van der Waals surface area contributed by atoms with E-state index >= 15 is 0 Å². The van der Waals surface area contributed by atoms with Gasteiger partial charge in [0.25, 0.3) is 5.91 Å². The lowest BCUT2D eigenvalue weighted by molar-refractivity contribution is -0.00347. The van der Waals surface area contributed by atoms with Gasteiger partial charge in [0.2, 0.25) is 0 Å². The lowest BCUT2D eigenvalue weighted by Gasteiger charge is -2.27. The Morgan fingerprint density at radius 1 is 1.16 bits per heavy atom. The summed E-state index contributed by atoms with van der Waals surface area (Å²) < 4.78 is 7.55. The first kappa shape index (κ1) is 21.9. The second-order valence-corrected chi connectivity index (χ2v) is 10.3. The van der Waals surface area contributed by atoms with Gasteiger partial charge in [0.15, 0.2) is 0 Å². The summed E-state index contributed by atoms with van der Waals surface area (Å²) in [6.45, 7) is 10.5. The molecule has 1 aromatic heterocycles. The summed E-state index contributed by atoms with van der Waals surface area (Å²) in [6, 6.07) is 7.99. The SMILES string of the molecule is Cc1c(C(=O)NC2COC2)cc(-c2ccc(O)c(C(C)(C)C)c2)n1CC1CCCCC1. The molecule has 1 aromatic carbocycles. The van der Waals surface area contributed by atoms with Crippen LogP contribution in [0.15, 0.2) is 24.3 Å². The first-order valence-electron chi connectivity index (χ1n) is 11.7. The second kappa shape index (κ2) is 8.70. The molecular formula is C26H36N2O3. The summed E-state index contributed by atoms with van der Waals surface area (Å²) in [5.41, 5.74) is 4.62. The highest BCUT2D eigenvalue weighted by atomic mass is 16.5. The summed E-state index contributed by atoms with van der Waals surface area (Å²) in [5.74, 6) is 0.944. The van der Waals surface area contributed by atoms with E-state index in [-0.39, 0.29) is 17.4 Å². The largest absolute Gasteiger partial charge is 0.508 e. The first-order chi connectivity index (χ1) is 14.7. The maximum atomic E-state index is 13.0. The molecule has 2 N–H and O–H groups in total. The third kappa shape index (κ3) is 4.67. The highest BCUT2D eigenvalue weighted by molar-refractivity contribution is 5.97. The van der Waals surface area contributed by atoms with Crippen LogP contribution < -0.4 is 5.32 Å². The second-order valence-electron chi connectivity index (χ2n) is 10.3. The van der Waals surface area contributed by atoms with Gasteiger partial charge in [-0.1, -0.05) is 40.0 Å². The zero-order valence-corrected chi connectivity index (χ0v) is 19.3. The molecule has 5 nitrogen and oxygen atoms in total. The van der Waals surface area contributed by atoms with Gasteiger partial charge in [0, 0.05) is 17.9 Å². The monoisotopic (exact) mass is 424 g/mol. The molecule has 31 heavy (non-hydrogen) atoms. The van der Waals surface area contributed by atoms with E-state index in [1.165, 1.54) is 32.1 Å². The molecule has 2 aromatic rings. The first-order valence-corrected chi connectivity index (χ1v) is 11.7. The molecule has 1 saturated carbocycles. The van der Waals surface area contributed by atoms with E-state index < -0.39 is 0 Å². The van der Waals surface area contributed by atoms with E-state index in [0.29, 0.717) is 24.9 Å². The van der Waals surface area contributed by atoms with Gasteiger partial charge in [-0.05, 0) is 66.5 Å². The van der Waals surface area contributed by atoms with Gasteiger partial charge in [-0.3, -0.25) is 4.79 Å². The summed E-state index contributed by atoms with van der Waals surface area (Å²) in [5, 5.41) is 13.5. The fraction of sp³-hybridized carbons (Fsp3) is 0.577. The van der Waals surface area contributed by atoms with Crippen LogP contribution in [-0.4, -0.2) is 34.8 Å². The molecule has 0 atom stereocenters. The van der Waals surface area contributed by atoms with Crippen molar-refractivity contribution in [2.45, 2.75) is 77.8 Å². The quantitative estimate of drug-likeness (QED) is 0.695. The van der Waals surface area contributed by atoms with Gasteiger partial charge < -0.3 is 19.7 Å². The van der Waals surface area contributed by atoms with E-state index in [9.17, 15) is 9.90 Å². The molecule has 1 amide bonds. The van der Waals surface area contributed by atoms with Crippen molar-refractivity contribution in [2.24, 2.45) is 5.92 Å². The molecule has 2 aliphatic rings. The Balaban J connectivity index is 1.74. The number of amides is 1. The predicted octanol–water partition coefficient (Wildman–Crippen LogP) is 5.18. The standard InChI is InChI=1S/C26H36N2O3/c1-17-21(25(30)27-20-15-31-16-20)13-23(28(17)14-18-8-6-5-7-9-18)19-10-11-24(29)22(12-19)26(2,3)4/h10-13,18,20,29H,5-9,14-16H2,1-4H3,(H,27,30). The minimum Gasteiger partial charge on any atom is -0.508 e. The van der Waals surface area contributed by atoms with Gasteiger partial charge in [0.05, 0.1) is 24.8 Å². The van der Waals surface area contributed by atoms with Crippen LogP contribution in [0, 0.1) is 12.8 Å². The maximum Gasteiger partial charge on any atom is 0.253 e. The minimum atomic E-state index is -0.166. The van der Waals surface area contributed by atoms with Crippen molar-refractivity contribution in [1.82, 2.24) is 9.88 Å². The van der Waals surface area contributed by atoms with Gasteiger partial charge in [-0.25, -0.2) is 0 Å². The van der Waals surface area contributed by atoms with E-state index in [0.717, 1.165) is 34.6 Å². The fourth-order valence-electron chi connectivity index (χ4n) is 4.86. The lowest BCUT2D eigenvalue weighted by Crippen LogP contribution is -2.48. The summed E-state index contributed by atoms with van der Waals surface area (Å²) in [6.07, 6.45) is 6.42. The highest BCUT2D eigenvalue weighted by Crippen LogP contribution is 2.36. The number of rotatable bonds is 5. The van der Waals surface area contributed by atoms with Crippen molar-refractivity contribution in [3.63, 3.8) is 0 Å². The number of ether oxygens (including phenoxy) is 1. The molecule has 168 valence electrons. The number of carbonyl (C=O) groups excluding carboxylic acids is 1. The molecule has 0 spiro atoms. The van der Waals surface area contributed by atoms with Crippen LogP contribution in [0.3, 0.4) is 0 Å². The van der Waals surface area contributed by atoms with Crippen molar-refractivity contribution in [3.05, 3.63) is 41.1 Å². The van der Waals surface area contributed by atoms with Crippen LogP contribution >= 0.6 is 0 Å². The zero-order chi connectivity index (χ0) is 22.2. The molecule has 1 aliphatic heterocycles. The summed E-state index contributed by atoms with van der Waals surface area (Å²) in [4.78, 5) is 13.0. The Labute approximate surface area is 185 Å². The Kier molecular flexibility index (Phi) is 6.16. The molecule has 5 heteroatoms. The molecule has 0 unspecified atom stereocenters. The lowest BCUT2D eigenvalue weighted by atomic mass is 9.85. The van der Waals surface area contributed by atoms with E-state index in [2.05, 4.69) is 43.6 Å². The smallest absolute Gasteiger partial charge is 0.253 e. The van der Waals surface area contributed by atoms with Gasteiger partial charge in [0.1, 0.15) is 5.75 Å². The summed E-state index contributed by atoms with van der Waals surface area (Å²) in [7, 11) is 0. The van der Waals surface area contributed by atoms with Crippen LogP contribution in [-0.2, 0) is 16.7 Å². The average Bonchev–Trinajstić information content (AvgIpc) is 3.01. The number of nitrogens with one attached hydrogen (secondary N) is 1. The van der Waals surface area contributed by atoms with Crippen molar-refractivity contribution in [3.8, 4) is 17.0 Å². The van der Waals surface area contributed by atoms with Crippen LogP contribution in [0.1, 0.15) is 74.5 Å². The average molecular weight is 425 g/mol. The van der Waals surface area contributed by atoms with Gasteiger partial charge >= 0.3 is 0 Å².